The summed E-state index contributed by atoms with van der Waals surface area (Å²) in [6, 6.07) is 1.02. The number of aryl methyl sites for hydroxylation is 1. The number of rotatable bonds is 6. The number of hydrogen-bond acceptors (Lipinski definition) is 6. The summed E-state index contributed by atoms with van der Waals surface area (Å²) in [7, 11) is 1.54. The van der Waals surface area contributed by atoms with Crippen molar-refractivity contribution in [3.05, 3.63) is 18.1 Å². The lowest BCUT2D eigenvalue weighted by Gasteiger charge is -2.21. The van der Waals surface area contributed by atoms with Crippen LogP contribution in [0.2, 0.25) is 0 Å². The van der Waals surface area contributed by atoms with Crippen LogP contribution in [0.1, 0.15) is 44.0 Å². The van der Waals surface area contributed by atoms with E-state index < -0.39 is 6.04 Å². The number of nitrogens with zero attached hydrogens (tertiary/aromatic N) is 3. The zero-order valence-corrected chi connectivity index (χ0v) is 14.7. The van der Waals surface area contributed by atoms with Crippen molar-refractivity contribution in [1.29, 1.82) is 0 Å². The Morgan fingerprint density at radius 2 is 2.29 bits per heavy atom. The molecule has 2 N–H and O–H groups in total. The number of aromatic nitrogens is 3. The van der Waals surface area contributed by atoms with E-state index in [2.05, 4.69) is 14.7 Å². The van der Waals surface area contributed by atoms with Gasteiger partial charge in [0.15, 0.2) is 5.88 Å². The number of ether oxygens (including phenoxy) is 1. The number of carbonyl (C=O) groups excluding carboxylic acids is 1. The van der Waals surface area contributed by atoms with Crippen molar-refractivity contribution in [1.82, 2.24) is 13.9 Å². The Balaban J connectivity index is 1.82. The van der Waals surface area contributed by atoms with Crippen LogP contribution in [-0.4, -0.2) is 32.0 Å². The average molecular weight is 350 g/mol. The summed E-state index contributed by atoms with van der Waals surface area (Å²) in [5, 5.41) is 13.5. The topological polar surface area (TPSA) is 89.3 Å². The fraction of sp³-hybridized carbons (Fsp3) is 0.562. The largest absolute Gasteiger partial charge is 0.495 e. The molecule has 1 aliphatic carbocycles. The van der Waals surface area contributed by atoms with Crippen LogP contribution in [0.4, 0.5) is 5.13 Å². The minimum Gasteiger partial charge on any atom is -0.495 e. The number of carbonyl (C=O) groups is 1. The summed E-state index contributed by atoms with van der Waals surface area (Å²) < 4.78 is 10.8. The standard InChI is InChI=1S/C16H22N4O3S/c1-10-17-16(24-19-10)18-15(22)13(7-11-5-3-4-6-11)20-9-12(23-2)8-14(20)21/h8-9,11,13,21H,3-7H2,1-2H3,(H,17,18,19,22). The van der Waals surface area contributed by atoms with Gasteiger partial charge in [0, 0.05) is 17.6 Å². The highest BCUT2D eigenvalue weighted by atomic mass is 32.1. The molecule has 2 aromatic rings. The minimum absolute atomic E-state index is 0.0263. The number of hydrogen-bond donors (Lipinski definition) is 2. The Bertz CT molecular complexity index is 706. The lowest BCUT2D eigenvalue weighted by molar-refractivity contribution is -0.119. The fourth-order valence-electron chi connectivity index (χ4n) is 3.25. The molecule has 24 heavy (non-hydrogen) atoms. The minimum atomic E-state index is -0.499. The first kappa shape index (κ1) is 16.8. The van der Waals surface area contributed by atoms with E-state index in [1.165, 1.54) is 26.0 Å². The molecule has 1 saturated carbocycles. The van der Waals surface area contributed by atoms with Gasteiger partial charge in [-0.15, -0.1) is 0 Å². The number of aromatic hydroxyl groups is 1. The molecule has 7 nitrogen and oxygen atoms in total. The van der Waals surface area contributed by atoms with Gasteiger partial charge in [0.2, 0.25) is 11.0 Å². The van der Waals surface area contributed by atoms with Gasteiger partial charge in [-0.25, -0.2) is 4.98 Å². The van der Waals surface area contributed by atoms with Crippen LogP contribution >= 0.6 is 11.5 Å². The molecule has 1 atom stereocenters. The molecule has 1 aliphatic rings. The first-order valence-electron chi connectivity index (χ1n) is 8.13. The van der Waals surface area contributed by atoms with Crippen LogP contribution in [-0.2, 0) is 4.79 Å². The van der Waals surface area contributed by atoms with Crippen molar-refractivity contribution in [2.75, 3.05) is 12.4 Å². The highest BCUT2D eigenvalue weighted by Crippen LogP contribution is 2.35. The Morgan fingerprint density at radius 1 is 1.54 bits per heavy atom. The van der Waals surface area contributed by atoms with E-state index in [-0.39, 0.29) is 11.8 Å². The van der Waals surface area contributed by atoms with Gasteiger partial charge in [-0.05, 0) is 19.3 Å². The van der Waals surface area contributed by atoms with Crippen LogP contribution < -0.4 is 10.1 Å². The monoisotopic (exact) mass is 350 g/mol. The molecule has 0 aliphatic heterocycles. The molecule has 0 saturated heterocycles. The fourth-order valence-corrected chi connectivity index (χ4v) is 3.83. The van der Waals surface area contributed by atoms with Crippen LogP contribution in [0.3, 0.4) is 0 Å². The highest BCUT2D eigenvalue weighted by Gasteiger charge is 2.29. The van der Waals surface area contributed by atoms with Crippen molar-refractivity contribution in [3.8, 4) is 11.6 Å². The van der Waals surface area contributed by atoms with Crippen molar-refractivity contribution in [3.63, 3.8) is 0 Å². The Hall–Kier alpha value is -2.09. The molecular formula is C16H22N4O3S. The quantitative estimate of drug-likeness (QED) is 0.835. The molecule has 3 rings (SSSR count). The molecule has 1 unspecified atom stereocenters. The van der Waals surface area contributed by atoms with Crippen LogP contribution in [0.15, 0.2) is 12.3 Å². The maximum atomic E-state index is 12.8. The normalized spacial score (nSPS) is 16.2. The van der Waals surface area contributed by atoms with Gasteiger partial charge in [-0.2, -0.15) is 4.37 Å². The third-order valence-electron chi connectivity index (χ3n) is 4.47. The molecule has 0 spiro atoms. The summed E-state index contributed by atoms with van der Waals surface area (Å²) >= 11 is 1.16. The van der Waals surface area contributed by atoms with E-state index in [1.807, 2.05) is 0 Å². The van der Waals surface area contributed by atoms with Crippen molar-refractivity contribution in [2.45, 2.75) is 45.1 Å². The van der Waals surface area contributed by atoms with E-state index in [9.17, 15) is 9.90 Å². The molecule has 130 valence electrons. The van der Waals surface area contributed by atoms with E-state index in [0.29, 0.717) is 29.0 Å². The van der Waals surface area contributed by atoms with Gasteiger partial charge in [-0.3, -0.25) is 10.1 Å². The first-order valence-corrected chi connectivity index (χ1v) is 8.90. The highest BCUT2D eigenvalue weighted by molar-refractivity contribution is 7.09. The summed E-state index contributed by atoms with van der Waals surface area (Å²) in [5.74, 6) is 1.49. The predicted octanol–water partition coefficient (Wildman–Crippen LogP) is 3.12. The van der Waals surface area contributed by atoms with Gasteiger partial charge in [0.1, 0.15) is 17.6 Å². The van der Waals surface area contributed by atoms with Gasteiger partial charge in [0.25, 0.3) is 0 Å². The molecule has 2 aromatic heterocycles. The molecular weight excluding hydrogens is 328 g/mol. The summed E-state index contributed by atoms with van der Waals surface area (Å²) in [6.45, 7) is 1.78. The number of nitrogens with one attached hydrogen (secondary N) is 1. The molecule has 0 aromatic carbocycles. The summed E-state index contributed by atoms with van der Waals surface area (Å²) in [5.41, 5.74) is 0. The second kappa shape index (κ2) is 7.21. The van der Waals surface area contributed by atoms with Crippen molar-refractivity contribution >= 4 is 22.6 Å². The van der Waals surface area contributed by atoms with Gasteiger partial charge >= 0.3 is 0 Å². The molecule has 2 heterocycles. The van der Waals surface area contributed by atoms with Crippen LogP contribution in [0.5, 0.6) is 11.6 Å². The zero-order valence-electron chi connectivity index (χ0n) is 13.9. The maximum absolute atomic E-state index is 12.8. The Labute approximate surface area is 144 Å². The number of amides is 1. The lowest BCUT2D eigenvalue weighted by Crippen LogP contribution is -2.27. The van der Waals surface area contributed by atoms with Crippen molar-refractivity contribution < 1.29 is 14.6 Å². The predicted molar refractivity (Wildman–Crippen MR) is 91.5 cm³/mol. The third kappa shape index (κ3) is 3.69. The summed E-state index contributed by atoms with van der Waals surface area (Å²) in [4.78, 5) is 17.0. The van der Waals surface area contributed by atoms with E-state index in [1.54, 1.807) is 17.7 Å². The van der Waals surface area contributed by atoms with Gasteiger partial charge in [0.05, 0.1) is 13.3 Å². The number of anilines is 1. The van der Waals surface area contributed by atoms with E-state index in [0.717, 1.165) is 24.4 Å². The zero-order chi connectivity index (χ0) is 17.1. The van der Waals surface area contributed by atoms with Crippen LogP contribution in [0.25, 0.3) is 0 Å². The Morgan fingerprint density at radius 3 is 2.88 bits per heavy atom. The van der Waals surface area contributed by atoms with E-state index >= 15 is 0 Å². The Kier molecular flexibility index (Phi) is 5.03. The maximum Gasteiger partial charge on any atom is 0.249 e. The molecule has 8 heteroatoms. The SMILES string of the molecule is COc1cc(O)n(C(CC2CCCC2)C(=O)Nc2nc(C)ns2)c1. The first-order chi connectivity index (χ1) is 11.6. The second-order valence-electron chi connectivity index (χ2n) is 6.18. The second-order valence-corrected chi connectivity index (χ2v) is 6.94. The average Bonchev–Trinajstić information content (AvgIpc) is 3.27. The van der Waals surface area contributed by atoms with Gasteiger partial charge < -0.3 is 14.4 Å². The third-order valence-corrected chi connectivity index (χ3v) is 5.19. The van der Waals surface area contributed by atoms with Gasteiger partial charge in [-0.1, -0.05) is 25.7 Å². The van der Waals surface area contributed by atoms with E-state index in [4.69, 9.17) is 4.74 Å². The lowest BCUT2D eigenvalue weighted by atomic mass is 9.97. The number of methoxy groups -OCH3 is 1. The molecule has 1 fully saturated rings. The smallest absolute Gasteiger partial charge is 0.249 e. The molecule has 0 bridgehead atoms. The summed E-state index contributed by atoms with van der Waals surface area (Å²) in [6.07, 6.45) is 7.02. The molecule has 0 radical (unpaired) electrons. The molecule has 1 amide bonds. The van der Waals surface area contributed by atoms with Crippen LogP contribution in [0, 0.1) is 12.8 Å². The van der Waals surface area contributed by atoms with Crippen molar-refractivity contribution in [2.24, 2.45) is 5.92 Å².